The maximum absolute atomic E-state index is 12.3. The molecule has 1 aliphatic rings. The molecule has 0 saturated carbocycles. The molecule has 0 unspecified atom stereocenters. The second kappa shape index (κ2) is 6.08. The molecule has 2 aromatic heterocycles. The summed E-state index contributed by atoms with van der Waals surface area (Å²) < 4.78 is 4.83. The van der Waals surface area contributed by atoms with Crippen molar-refractivity contribution in [3.63, 3.8) is 0 Å². The van der Waals surface area contributed by atoms with E-state index in [9.17, 15) is 4.79 Å². The topological polar surface area (TPSA) is 71.3 Å². The normalized spacial score (nSPS) is 17.1. The van der Waals surface area contributed by atoms with Gasteiger partial charge in [-0.1, -0.05) is 5.16 Å². The number of fused-ring (bicyclic) bond motifs is 1. The van der Waals surface area contributed by atoms with Gasteiger partial charge in [0, 0.05) is 30.0 Å². The summed E-state index contributed by atoms with van der Waals surface area (Å²) in [5.74, 6) is 0.800. The first-order valence-corrected chi connectivity index (χ1v) is 8.25. The van der Waals surface area contributed by atoms with Crippen molar-refractivity contribution in [1.29, 1.82) is 0 Å². The number of carbonyl (C=O) groups is 1. The van der Waals surface area contributed by atoms with Gasteiger partial charge in [-0.3, -0.25) is 5.32 Å². The molecule has 2 aromatic rings. The molecule has 0 bridgehead atoms. The third-order valence-electron chi connectivity index (χ3n) is 3.99. The van der Waals surface area contributed by atoms with E-state index < -0.39 is 0 Å². The molecule has 2 heterocycles. The van der Waals surface area contributed by atoms with E-state index in [1.54, 1.807) is 23.3 Å². The molecule has 0 saturated heterocycles. The van der Waals surface area contributed by atoms with Crippen molar-refractivity contribution in [2.75, 3.05) is 18.9 Å². The third-order valence-corrected chi connectivity index (χ3v) is 5.04. The molecule has 2 amide bonds. The Balaban J connectivity index is 1.66. The molecule has 1 N–H and O–H groups in total. The fourth-order valence-electron chi connectivity index (χ4n) is 2.82. The molecule has 0 radical (unpaired) electrons. The number of amides is 2. The number of rotatable bonds is 3. The molecule has 0 aliphatic heterocycles. The number of thiazole rings is 1. The fraction of sp³-hybridized carbons (Fsp3) is 0.533. The van der Waals surface area contributed by atoms with Gasteiger partial charge in [-0.15, -0.1) is 11.3 Å². The second-order valence-corrected chi connectivity index (χ2v) is 7.08. The Morgan fingerprint density at radius 1 is 1.55 bits per heavy atom. The maximum Gasteiger partial charge on any atom is 0.322 e. The lowest BCUT2D eigenvalue weighted by Gasteiger charge is -2.26. The number of aromatic nitrogens is 2. The van der Waals surface area contributed by atoms with Crippen LogP contribution < -0.4 is 5.32 Å². The van der Waals surface area contributed by atoms with Gasteiger partial charge in [0.15, 0.2) is 5.82 Å². The molecular weight excluding hydrogens is 300 g/mol. The number of urea groups is 1. The number of hydrogen-bond acceptors (Lipinski definition) is 5. The number of aryl methyl sites for hydroxylation is 3. The molecule has 22 heavy (non-hydrogen) atoms. The number of hydrogen-bond donors (Lipinski definition) is 1. The van der Waals surface area contributed by atoms with Gasteiger partial charge in [-0.25, -0.2) is 9.78 Å². The average molecular weight is 320 g/mol. The standard InChI is InChI=1S/C15H20N4O2S/c1-9-8-21-18-14(9)17-15(20)19(3)7-11-5-4-6-12-13(11)16-10(2)22-12/h8,11H,4-7H2,1-3H3,(H,17,18,20)/t11-/m1/s1. The van der Waals surface area contributed by atoms with Crippen molar-refractivity contribution in [3.05, 3.63) is 27.4 Å². The summed E-state index contributed by atoms with van der Waals surface area (Å²) in [6, 6.07) is -0.170. The summed E-state index contributed by atoms with van der Waals surface area (Å²) in [5.41, 5.74) is 2.00. The molecular formula is C15H20N4O2S. The van der Waals surface area contributed by atoms with Crippen molar-refractivity contribution in [1.82, 2.24) is 15.0 Å². The minimum atomic E-state index is -0.170. The van der Waals surface area contributed by atoms with Gasteiger partial charge in [0.1, 0.15) is 6.26 Å². The van der Waals surface area contributed by atoms with Crippen LogP contribution >= 0.6 is 11.3 Å². The first kappa shape index (κ1) is 15.0. The number of nitrogens with zero attached hydrogens (tertiary/aromatic N) is 3. The van der Waals surface area contributed by atoms with Crippen LogP contribution in [-0.4, -0.2) is 34.7 Å². The zero-order chi connectivity index (χ0) is 15.7. The van der Waals surface area contributed by atoms with E-state index >= 15 is 0 Å². The molecule has 1 atom stereocenters. The smallest absolute Gasteiger partial charge is 0.322 e. The van der Waals surface area contributed by atoms with Crippen molar-refractivity contribution in [3.8, 4) is 0 Å². The highest BCUT2D eigenvalue weighted by Crippen LogP contribution is 2.35. The molecule has 7 heteroatoms. The Kier molecular flexibility index (Phi) is 4.15. The van der Waals surface area contributed by atoms with Gasteiger partial charge < -0.3 is 9.42 Å². The zero-order valence-electron chi connectivity index (χ0n) is 13.0. The van der Waals surface area contributed by atoms with Gasteiger partial charge in [0.05, 0.1) is 10.7 Å². The Morgan fingerprint density at radius 2 is 2.36 bits per heavy atom. The summed E-state index contributed by atoms with van der Waals surface area (Å²) in [5, 5.41) is 7.67. The SMILES string of the molecule is Cc1nc2c(s1)CCC[C@@H]2CN(C)C(=O)Nc1nocc1C. The second-order valence-electron chi connectivity index (χ2n) is 5.79. The summed E-state index contributed by atoms with van der Waals surface area (Å²) in [6.45, 7) is 4.56. The number of likely N-dealkylation sites (N-methyl/N-ethyl adjacent to an activating group) is 1. The van der Waals surface area contributed by atoms with Gasteiger partial charge in [-0.2, -0.15) is 0 Å². The zero-order valence-corrected chi connectivity index (χ0v) is 13.9. The van der Waals surface area contributed by atoms with Crippen LogP contribution in [0.3, 0.4) is 0 Å². The third kappa shape index (κ3) is 2.99. The number of carbonyl (C=O) groups excluding carboxylic acids is 1. The lowest BCUT2D eigenvalue weighted by Crippen LogP contribution is -2.35. The first-order valence-electron chi connectivity index (χ1n) is 7.44. The van der Waals surface area contributed by atoms with Crippen molar-refractivity contribution in [2.45, 2.75) is 39.0 Å². The molecule has 0 fully saturated rings. The van der Waals surface area contributed by atoms with Gasteiger partial charge >= 0.3 is 6.03 Å². The summed E-state index contributed by atoms with van der Waals surface area (Å²) in [4.78, 5) is 20.0. The van der Waals surface area contributed by atoms with E-state index in [4.69, 9.17) is 4.52 Å². The Bertz CT molecular complexity index is 679. The quantitative estimate of drug-likeness (QED) is 0.941. The van der Waals surface area contributed by atoms with Crippen LogP contribution in [0.15, 0.2) is 10.8 Å². The summed E-state index contributed by atoms with van der Waals surface area (Å²) in [6.07, 6.45) is 4.88. The van der Waals surface area contributed by atoms with Gasteiger partial charge in [-0.05, 0) is 33.1 Å². The fourth-order valence-corrected chi connectivity index (χ4v) is 3.89. The van der Waals surface area contributed by atoms with E-state index in [1.807, 2.05) is 13.8 Å². The molecule has 0 aromatic carbocycles. The highest BCUT2D eigenvalue weighted by atomic mass is 32.1. The minimum Gasteiger partial charge on any atom is -0.362 e. The van der Waals surface area contributed by atoms with Crippen LogP contribution in [0.4, 0.5) is 10.6 Å². The molecule has 3 rings (SSSR count). The average Bonchev–Trinajstić information content (AvgIpc) is 3.05. The van der Waals surface area contributed by atoms with Gasteiger partial charge in [0.25, 0.3) is 0 Å². The largest absolute Gasteiger partial charge is 0.362 e. The maximum atomic E-state index is 12.3. The first-order chi connectivity index (χ1) is 10.5. The van der Waals surface area contributed by atoms with Crippen LogP contribution in [0.2, 0.25) is 0 Å². The Labute approximate surface area is 133 Å². The number of nitrogens with one attached hydrogen (secondary N) is 1. The molecule has 0 spiro atoms. The van der Waals surface area contributed by atoms with Crippen LogP contribution in [0, 0.1) is 13.8 Å². The Morgan fingerprint density at radius 3 is 3.09 bits per heavy atom. The van der Waals surface area contributed by atoms with Crippen LogP contribution in [0.1, 0.15) is 39.9 Å². The summed E-state index contributed by atoms with van der Waals surface area (Å²) >= 11 is 1.78. The van der Waals surface area contributed by atoms with Crippen molar-refractivity contribution < 1.29 is 9.32 Å². The highest BCUT2D eigenvalue weighted by molar-refractivity contribution is 7.11. The van der Waals surface area contributed by atoms with Crippen LogP contribution in [0.5, 0.6) is 0 Å². The molecule has 6 nitrogen and oxygen atoms in total. The van der Waals surface area contributed by atoms with Crippen LogP contribution in [-0.2, 0) is 6.42 Å². The van der Waals surface area contributed by atoms with E-state index in [1.165, 1.54) is 16.8 Å². The van der Waals surface area contributed by atoms with Crippen molar-refractivity contribution in [2.24, 2.45) is 0 Å². The lowest BCUT2D eigenvalue weighted by atomic mass is 9.91. The number of anilines is 1. The van der Waals surface area contributed by atoms with E-state index in [0.29, 0.717) is 18.3 Å². The van der Waals surface area contributed by atoms with Gasteiger partial charge in [0.2, 0.25) is 0 Å². The van der Waals surface area contributed by atoms with E-state index in [2.05, 4.69) is 15.5 Å². The Hall–Kier alpha value is -1.89. The molecule has 1 aliphatic carbocycles. The monoisotopic (exact) mass is 320 g/mol. The predicted octanol–water partition coefficient (Wildman–Crippen LogP) is 3.33. The summed E-state index contributed by atoms with van der Waals surface area (Å²) in [7, 11) is 1.80. The van der Waals surface area contributed by atoms with E-state index in [-0.39, 0.29) is 6.03 Å². The molecule has 118 valence electrons. The highest BCUT2D eigenvalue weighted by Gasteiger charge is 2.26. The van der Waals surface area contributed by atoms with Crippen LogP contribution in [0.25, 0.3) is 0 Å². The lowest BCUT2D eigenvalue weighted by molar-refractivity contribution is 0.217. The minimum absolute atomic E-state index is 0.170. The van der Waals surface area contributed by atoms with Crippen molar-refractivity contribution >= 4 is 23.2 Å². The predicted molar refractivity (Wildman–Crippen MR) is 85.4 cm³/mol. The van der Waals surface area contributed by atoms with E-state index in [0.717, 1.165) is 29.8 Å².